The second-order valence-corrected chi connectivity index (χ2v) is 8.00. The van der Waals surface area contributed by atoms with Crippen LogP contribution in [0.3, 0.4) is 0 Å². The van der Waals surface area contributed by atoms with Crippen molar-refractivity contribution in [3.8, 4) is 0 Å². The van der Waals surface area contributed by atoms with E-state index in [2.05, 4.69) is 27.9 Å². The summed E-state index contributed by atoms with van der Waals surface area (Å²) < 4.78 is 6.28. The number of aliphatic hydroxyl groups is 1. The molecular weight excluding hydrogens is 397 g/mol. The molecule has 2 saturated heterocycles. The number of aliphatic hydroxyl groups excluding tert-OH is 1. The van der Waals surface area contributed by atoms with Gasteiger partial charge >= 0.3 is 5.97 Å². The molecule has 2 heterocycles. The fourth-order valence-electron chi connectivity index (χ4n) is 4.19. The molecule has 2 fully saturated rings. The third kappa shape index (κ3) is 1.74. The average Bonchev–Trinajstić information content (AvgIpc) is 2.64. The van der Waals surface area contributed by atoms with Gasteiger partial charge in [0.1, 0.15) is 0 Å². The van der Waals surface area contributed by atoms with Crippen LogP contribution < -0.4 is 5.32 Å². The predicted molar refractivity (Wildman–Crippen MR) is 89.5 cm³/mol. The minimum absolute atomic E-state index is 0.122. The van der Waals surface area contributed by atoms with Gasteiger partial charge in [-0.1, -0.05) is 34.7 Å². The lowest BCUT2D eigenvalue weighted by Gasteiger charge is -2.57. The number of carbonyl (C=O) groups is 2. The zero-order valence-corrected chi connectivity index (χ0v) is 15.1. The fourth-order valence-corrected chi connectivity index (χ4v) is 5.27. The summed E-state index contributed by atoms with van der Waals surface area (Å²) in [6.45, 7) is 3.62. The van der Waals surface area contributed by atoms with E-state index in [-0.39, 0.29) is 11.8 Å². The fraction of sp³-hybridized carbons (Fsp3) is 0.750. The van der Waals surface area contributed by atoms with Crippen LogP contribution in [0.5, 0.6) is 0 Å². The Morgan fingerprint density at radius 2 is 2.23 bits per heavy atom. The predicted octanol–water partition coefficient (Wildman–Crippen LogP) is 1.72. The van der Waals surface area contributed by atoms with Crippen molar-refractivity contribution in [2.24, 2.45) is 11.3 Å². The number of alkyl halides is 1. The highest BCUT2D eigenvalue weighted by molar-refractivity contribution is 14.1. The quantitative estimate of drug-likeness (QED) is 0.315. The Labute approximate surface area is 144 Å². The van der Waals surface area contributed by atoms with Crippen molar-refractivity contribution in [2.45, 2.75) is 56.8 Å². The van der Waals surface area contributed by atoms with Crippen molar-refractivity contribution in [1.29, 1.82) is 0 Å². The van der Waals surface area contributed by atoms with E-state index in [4.69, 9.17) is 4.74 Å². The van der Waals surface area contributed by atoms with Crippen LogP contribution in [-0.2, 0) is 14.3 Å². The molecule has 5 nitrogen and oxygen atoms in total. The molecule has 22 heavy (non-hydrogen) atoms. The maximum atomic E-state index is 12.6. The molecule has 1 aliphatic carbocycles. The van der Waals surface area contributed by atoms with E-state index in [1.807, 2.05) is 19.1 Å². The highest BCUT2D eigenvalue weighted by Crippen LogP contribution is 2.59. The molecular formula is C16H22INO4. The van der Waals surface area contributed by atoms with E-state index in [0.717, 1.165) is 23.7 Å². The summed E-state index contributed by atoms with van der Waals surface area (Å²) in [5, 5.41) is 13.8. The van der Waals surface area contributed by atoms with Crippen LogP contribution in [0.25, 0.3) is 0 Å². The molecule has 2 N–H and O–H groups in total. The van der Waals surface area contributed by atoms with Crippen LogP contribution in [0.2, 0.25) is 0 Å². The van der Waals surface area contributed by atoms with Gasteiger partial charge in [0.25, 0.3) is 0 Å². The highest BCUT2D eigenvalue weighted by atomic mass is 127. The third-order valence-corrected chi connectivity index (χ3v) is 6.51. The van der Waals surface area contributed by atoms with E-state index < -0.39 is 28.6 Å². The normalized spacial score (nSPS) is 44.8. The Morgan fingerprint density at radius 3 is 2.77 bits per heavy atom. The van der Waals surface area contributed by atoms with Crippen molar-refractivity contribution in [1.82, 2.24) is 5.32 Å². The van der Waals surface area contributed by atoms with Crippen LogP contribution in [0.4, 0.5) is 0 Å². The van der Waals surface area contributed by atoms with Gasteiger partial charge < -0.3 is 15.2 Å². The Kier molecular flexibility index (Phi) is 3.83. The molecule has 0 aromatic rings. The first kappa shape index (κ1) is 16.2. The van der Waals surface area contributed by atoms with Crippen LogP contribution in [0, 0.1) is 11.3 Å². The summed E-state index contributed by atoms with van der Waals surface area (Å²) >= 11 is 2.22. The zero-order valence-electron chi connectivity index (χ0n) is 12.9. The van der Waals surface area contributed by atoms with Gasteiger partial charge in [-0.2, -0.15) is 0 Å². The number of hydrogen-bond acceptors (Lipinski definition) is 4. The molecule has 0 saturated carbocycles. The Morgan fingerprint density at radius 1 is 1.50 bits per heavy atom. The summed E-state index contributed by atoms with van der Waals surface area (Å²) in [4.78, 5) is 25.0. The molecule has 1 amide bonds. The molecule has 6 heteroatoms. The number of rotatable bonds is 4. The number of carbonyl (C=O) groups excluding carboxylic acids is 2. The van der Waals surface area contributed by atoms with E-state index >= 15 is 0 Å². The number of fused-ring (bicyclic) bond motifs is 1. The monoisotopic (exact) mass is 419 g/mol. The number of ether oxygens (including phenoxy) is 1. The lowest BCUT2D eigenvalue weighted by molar-refractivity contribution is -0.249. The maximum Gasteiger partial charge on any atom is 0.339 e. The average molecular weight is 419 g/mol. The molecule has 2 aliphatic heterocycles. The minimum Gasteiger partial charge on any atom is -0.453 e. The number of hydrogen-bond donors (Lipinski definition) is 2. The number of esters is 1. The number of halogens is 1. The smallest absolute Gasteiger partial charge is 0.339 e. The van der Waals surface area contributed by atoms with E-state index in [1.165, 1.54) is 0 Å². The van der Waals surface area contributed by atoms with Gasteiger partial charge in [0.05, 0.1) is 11.5 Å². The van der Waals surface area contributed by atoms with E-state index in [1.54, 1.807) is 6.92 Å². The van der Waals surface area contributed by atoms with Crippen LogP contribution >= 0.6 is 22.6 Å². The van der Waals surface area contributed by atoms with Crippen molar-refractivity contribution in [3.05, 3.63) is 12.2 Å². The zero-order chi connectivity index (χ0) is 16.2. The van der Waals surface area contributed by atoms with Gasteiger partial charge in [-0.15, -0.1) is 0 Å². The van der Waals surface area contributed by atoms with Crippen molar-refractivity contribution in [3.63, 3.8) is 0 Å². The molecule has 0 spiro atoms. The topological polar surface area (TPSA) is 75.6 Å². The molecule has 0 radical (unpaired) electrons. The number of amides is 1. The molecule has 3 aliphatic rings. The second kappa shape index (κ2) is 5.19. The summed E-state index contributed by atoms with van der Waals surface area (Å²) in [5.74, 6) is -0.827. The van der Waals surface area contributed by atoms with E-state index in [0.29, 0.717) is 6.42 Å². The minimum atomic E-state index is -1.31. The Bertz CT molecular complexity index is 550. The molecule has 5 atom stereocenters. The standard InChI is InChI=1S/C16H22INO4/c1-14(8-9-17)12(20)18-16(13(21)22-15(14,16)2)11(19)10-6-4-3-5-7-10/h4,6,10-11,19H,3,5,7-9H2,1-2H3,(H,18,20)/t10-,11+,14+,15+,16+/m1/s1. The van der Waals surface area contributed by atoms with E-state index in [9.17, 15) is 14.7 Å². The molecule has 0 aromatic heterocycles. The van der Waals surface area contributed by atoms with Crippen LogP contribution in [-0.4, -0.2) is 38.7 Å². The Balaban J connectivity index is 2.01. The summed E-state index contributed by atoms with van der Waals surface area (Å²) in [7, 11) is 0. The van der Waals surface area contributed by atoms with Gasteiger partial charge in [0, 0.05) is 10.3 Å². The van der Waals surface area contributed by atoms with Crippen LogP contribution in [0.1, 0.15) is 39.5 Å². The van der Waals surface area contributed by atoms with Gasteiger partial charge in [-0.3, -0.25) is 4.79 Å². The van der Waals surface area contributed by atoms with Crippen molar-refractivity contribution < 1.29 is 19.4 Å². The largest absolute Gasteiger partial charge is 0.453 e. The van der Waals surface area contributed by atoms with Gasteiger partial charge in [-0.25, -0.2) is 4.79 Å². The molecule has 3 rings (SSSR count). The van der Waals surface area contributed by atoms with Crippen LogP contribution in [0.15, 0.2) is 12.2 Å². The van der Waals surface area contributed by atoms with Crippen molar-refractivity contribution >= 4 is 34.5 Å². The van der Waals surface area contributed by atoms with Crippen molar-refractivity contribution in [2.75, 3.05) is 4.43 Å². The molecule has 0 bridgehead atoms. The summed E-state index contributed by atoms with van der Waals surface area (Å²) in [6, 6.07) is 0. The third-order valence-electron chi connectivity index (χ3n) is 5.97. The van der Waals surface area contributed by atoms with Gasteiger partial charge in [0.15, 0.2) is 5.60 Å². The lowest BCUT2D eigenvalue weighted by atomic mass is 9.59. The molecule has 0 unspecified atom stereocenters. The first-order valence-corrected chi connectivity index (χ1v) is 9.33. The molecule has 0 aromatic carbocycles. The summed E-state index contributed by atoms with van der Waals surface area (Å²) in [5.41, 5.74) is -3.11. The Hall–Kier alpha value is -0.630. The van der Waals surface area contributed by atoms with Gasteiger partial charge in [0.2, 0.25) is 11.4 Å². The first-order chi connectivity index (χ1) is 10.3. The lowest BCUT2D eigenvalue weighted by Crippen LogP contribution is -2.81. The highest BCUT2D eigenvalue weighted by Gasteiger charge is 2.83. The summed E-state index contributed by atoms with van der Waals surface area (Å²) in [6.07, 6.45) is 6.47. The maximum absolute atomic E-state index is 12.6. The number of nitrogens with one attached hydrogen (secondary N) is 1. The SMILES string of the molecule is C[C@@]12OC(=O)[C@]1([C@@H](O)[C@@H]1C=CCCC1)NC(=O)[C@]2(C)CCI. The number of allylic oxidation sites excluding steroid dienone is 1. The molecule has 122 valence electrons. The second-order valence-electron chi connectivity index (χ2n) is 6.92. The van der Waals surface area contributed by atoms with Gasteiger partial charge in [-0.05, 0) is 39.5 Å². The first-order valence-electron chi connectivity index (χ1n) is 7.80.